The Morgan fingerprint density at radius 2 is 2.03 bits per heavy atom. The Kier molecular flexibility index (Phi) is 5.88. The average Bonchev–Trinajstić information content (AvgIpc) is 3.48. The smallest absolute Gasteiger partial charge is 0.273 e. The minimum Gasteiger partial charge on any atom is -0.360 e. The molecule has 1 aromatic carbocycles. The average molecular weight is 445 g/mol. The molecule has 1 unspecified atom stereocenters. The number of amides is 1. The maximum absolute atomic E-state index is 13.2. The van der Waals surface area contributed by atoms with E-state index in [0.717, 1.165) is 12.0 Å². The van der Waals surface area contributed by atoms with Crippen molar-refractivity contribution in [1.82, 2.24) is 29.8 Å². The molecule has 31 heavy (non-hydrogen) atoms. The van der Waals surface area contributed by atoms with Crippen LogP contribution < -0.4 is 5.32 Å². The molecule has 0 spiro atoms. The molecule has 3 heterocycles. The van der Waals surface area contributed by atoms with Crippen molar-refractivity contribution in [3.8, 4) is 0 Å². The van der Waals surface area contributed by atoms with Crippen molar-refractivity contribution in [3.05, 3.63) is 59.2 Å². The molecule has 4 rings (SSSR count). The predicted octanol–water partition coefficient (Wildman–Crippen LogP) is 1.67. The Morgan fingerprint density at radius 1 is 1.26 bits per heavy atom. The zero-order valence-electron chi connectivity index (χ0n) is 17.4. The van der Waals surface area contributed by atoms with Gasteiger partial charge in [-0.1, -0.05) is 40.7 Å². The summed E-state index contributed by atoms with van der Waals surface area (Å²) >= 11 is 0. The fourth-order valence-corrected chi connectivity index (χ4v) is 5.82. The van der Waals surface area contributed by atoms with Crippen LogP contribution in [0.4, 0.5) is 0 Å². The lowest BCUT2D eigenvalue weighted by Crippen LogP contribution is -2.38. The summed E-state index contributed by atoms with van der Waals surface area (Å²) in [6, 6.07) is 9.27. The van der Waals surface area contributed by atoms with Crippen LogP contribution >= 0.6 is 0 Å². The van der Waals surface area contributed by atoms with Crippen LogP contribution in [-0.2, 0) is 23.1 Å². The number of nitrogens with zero attached hydrogens (tertiary/aromatic N) is 5. The quantitative estimate of drug-likeness (QED) is 0.588. The number of aromatic nitrogens is 4. The monoisotopic (exact) mass is 444 g/mol. The fraction of sp³-hybridized carbons (Fsp3) is 0.400. The van der Waals surface area contributed by atoms with Gasteiger partial charge in [0.15, 0.2) is 11.5 Å². The van der Waals surface area contributed by atoms with Crippen LogP contribution in [0.25, 0.3) is 0 Å². The summed E-state index contributed by atoms with van der Waals surface area (Å²) in [7, 11) is -3.74. The van der Waals surface area contributed by atoms with Gasteiger partial charge in [0, 0.05) is 19.1 Å². The number of aryl methyl sites for hydroxylation is 2. The largest absolute Gasteiger partial charge is 0.360 e. The second kappa shape index (κ2) is 8.60. The summed E-state index contributed by atoms with van der Waals surface area (Å²) in [5.41, 5.74) is 1.52. The maximum Gasteiger partial charge on any atom is 0.273 e. The van der Waals surface area contributed by atoms with Gasteiger partial charge in [0.1, 0.15) is 10.6 Å². The predicted molar refractivity (Wildman–Crippen MR) is 111 cm³/mol. The number of nitrogens with one attached hydrogen (secondary N) is 1. The van der Waals surface area contributed by atoms with Crippen molar-refractivity contribution < 1.29 is 17.7 Å². The van der Waals surface area contributed by atoms with Gasteiger partial charge in [-0.05, 0) is 32.3 Å². The van der Waals surface area contributed by atoms with Crippen molar-refractivity contribution in [2.45, 2.75) is 50.7 Å². The van der Waals surface area contributed by atoms with Gasteiger partial charge in [-0.25, -0.2) is 8.42 Å². The fourth-order valence-electron chi connectivity index (χ4n) is 3.84. The molecule has 1 fully saturated rings. The van der Waals surface area contributed by atoms with Crippen molar-refractivity contribution in [2.24, 2.45) is 0 Å². The zero-order chi connectivity index (χ0) is 22.0. The third-order valence-corrected chi connectivity index (χ3v) is 7.52. The molecule has 1 amide bonds. The minimum atomic E-state index is -3.74. The van der Waals surface area contributed by atoms with E-state index in [-0.39, 0.29) is 28.3 Å². The number of carbonyl (C=O) groups excluding carboxylic acids is 1. The van der Waals surface area contributed by atoms with E-state index < -0.39 is 10.0 Å². The summed E-state index contributed by atoms with van der Waals surface area (Å²) in [4.78, 5) is 12.5. The molecule has 1 saturated heterocycles. The van der Waals surface area contributed by atoms with Gasteiger partial charge in [0.25, 0.3) is 5.91 Å². The summed E-state index contributed by atoms with van der Waals surface area (Å²) in [6.07, 6.45) is 2.98. The second-order valence-corrected chi connectivity index (χ2v) is 9.39. The van der Waals surface area contributed by atoms with Crippen molar-refractivity contribution in [2.75, 3.05) is 6.54 Å². The maximum atomic E-state index is 13.2. The van der Waals surface area contributed by atoms with Gasteiger partial charge in [-0.2, -0.15) is 4.31 Å². The molecule has 2 aromatic heterocycles. The number of rotatable bonds is 7. The lowest BCUT2D eigenvalue weighted by atomic mass is 10.2. The van der Waals surface area contributed by atoms with Gasteiger partial charge in [-0.15, -0.1) is 5.10 Å². The molecule has 10 nitrogen and oxygen atoms in total. The standard InChI is InChI=1S/C20H24N6O4S/c1-14-19(15(2)30-23-14)31(28,29)26-10-6-9-17(26)12-25-13-18(22-24-25)20(27)21-11-16-7-4-3-5-8-16/h3-5,7-8,13,17H,6,9-12H2,1-2H3,(H,21,27). The summed E-state index contributed by atoms with van der Waals surface area (Å²) < 4.78 is 34.4. The summed E-state index contributed by atoms with van der Waals surface area (Å²) in [5, 5.41) is 14.5. The Labute approximate surface area is 180 Å². The molecule has 1 aliphatic rings. The number of hydrogen-bond acceptors (Lipinski definition) is 7. The highest BCUT2D eigenvalue weighted by atomic mass is 32.2. The molecule has 3 aromatic rings. The number of benzene rings is 1. The first-order valence-electron chi connectivity index (χ1n) is 10.0. The van der Waals surface area contributed by atoms with Crippen molar-refractivity contribution >= 4 is 15.9 Å². The number of hydrogen-bond donors (Lipinski definition) is 1. The Morgan fingerprint density at radius 3 is 2.74 bits per heavy atom. The lowest BCUT2D eigenvalue weighted by Gasteiger charge is -2.23. The Hall–Kier alpha value is -3.05. The van der Waals surface area contributed by atoms with E-state index in [1.54, 1.807) is 20.0 Å². The van der Waals surface area contributed by atoms with Gasteiger partial charge < -0.3 is 9.84 Å². The van der Waals surface area contributed by atoms with Gasteiger partial charge in [0.2, 0.25) is 10.0 Å². The van der Waals surface area contributed by atoms with Gasteiger partial charge >= 0.3 is 0 Å². The van der Waals surface area contributed by atoms with Crippen LogP contribution in [0, 0.1) is 13.8 Å². The summed E-state index contributed by atoms with van der Waals surface area (Å²) in [5.74, 6) is -0.0528. The Bertz CT molecular complexity index is 1150. The van der Waals surface area contributed by atoms with Crippen LogP contribution in [0.3, 0.4) is 0 Å². The Balaban J connectivity index is 1.43. The number of carbonyl (C=O) groups is 1. The second-order valence-electron chi connectivity index (χ2n) is 7.56. The molecular weight excluding hydrogens is 420 g/mol. The topological polar surface area (TPSA) is 123 Å². The normalized spacial score (nSPS) is 17.2. The molecule has 1 N–H and O–H groups in total. The molecule has 0 aliphatic carbocycles. The van der Waals surface area contributed by atoms with Crippen LogP contribution in [-0.4, -0.2) is 51.4 Å². The molecule has 11 heteroatoms. The van der Waals surface area contributed by atoms with Crippen LogP contribution in [0.15, 0.2) is 45.9 Å². The highest BCUT2D eigenvalue weighted by Crippen LogP contribution is 2.30. The van der Waals surface area contributed by atoms with Crippen molar-refractivity contribution in [3.63, 3.8) is 0 Å². The van der Waals surface area contributed by atoms with Crippen LogP contribution in [0.1, 0.15) is 40.3 Å². The molecular formula is C20H24N6O4S. The van der Waals surface area contributed by atoms with Crippen molar-refractivity contribution in [1.29, 1.82) is 0 Å². The minimum absolute atomic E-state index is 0.124. The van der Waals surface area contributed by atoms with Gasteiger partial charge in [0.05, 0.1) is 12.7 Å². The van der Waals surface area contributed by atoms with E-state index in [1.807, 2.05) is 30.3 Å². The van der Waals surface area contributed by atoms with E-state index in [0.29, 0.717) is 31.7 Å². The first-order chi connectivity index (χ1) is 14.9. The first kappa shape index (κ1) is 21.2. The highest BCUT2D eigenvalue weighted by molar-refractivity contribution is 7.89. The molecule has 1 aliphatic heterocycles. The van der Waals surface area contributed by atoms with E-state index in [2.05, 4.69) is 20.8 Å². The first-order valence-corrected chi connectivity index (χ1v) is 11.5. The third kappa shape index (κ3) is 4.37. The lowest BCUT2D eigenvalue weighted by molar-refractivity contribution is 0.0945. The number of sulfonamides is 1. The molecule has 164 valence electrons. The molecule has 0 saturated carbocycles. The van der Waals surface area contributed by atoms with E-state index in [1.165, 1.54) is 8.99 Å². The van der Waals surface area contributed by atoms with Crippen LogP contribution in [0.5, 0.6) is 0 Å². The molecule has 1 atom stereocenters. The third-order valence-electron chi connectivity index (χ3n) is 5.32. The molecule has 0 radical (unpaired) electrons. The zero-order valence-corrected chi connectivity index (χ0v) is 18.2. The van der Waals surface area contributed by atoms with E-state index in [4.69, 9.17) is 4.52 Å². The molecule has 0 bridgehead atoms. The van der Waals surface area contributed by atoms with E-state index >= 15 is 0 Å². The SMILES string of the molecule is Cc1noc(C)c1S(=O)(=O)N1CCCC1Cn1cc(C(=O)NCc2ccccc2)nn1. The van der Waals surface area contributed by atoms with E-state index in [9.17, 15) is 13.2 Å². The van der Waals surface area contributed by atoms with Gasteiger partial charge in [-0.3, -0.25) is 9.48 Å². The highest BCUT2D eigenvalue weighted by Gasteiger charge is 2.38. The summed E-state index contributed by atoms with van der Waals surface area (Å²) in [6.45, 7) is 4.32. The van der Waals surface area contributed by atoms with Crippen LogP contribution in [0.2, 0.25) is 0 Å².